The first kappa shape index (κ1) is 17.8. The summed E-state index contributed by atoms with van der Waals surface area (Å²) >= 11 is 0. The van der Waals surface area contributed by atoms with Gasteiger partial charge in [-0.2, -0.15) is 0 Å². The van der Waals surface area contributed by atoms with Crippen LogP contribution in [0, 0.1) is 0 Å². The molecule has 0 spiro atoms. The highest BCUT2D eigenvalue weighted by Gasteiger charge is 2.17. The zero-order chi connectivity index (χ0) is 19.5. The van der Waals surface area contributed by atoms with Gasteiger partial charge in [0.15, 0.2) is 0 Å². The molecule has 0 saturated heterocycles. The Balaban J connectivity index is 1.85. The van der Waals surface area contributed by atoms with E-state index in [0.29, 0.717) is 0 Å². The van der Waals surface area contributed by atoms with Crippen molar-refractivity contribution in [3.63, 3.8) is 0 Å². The van der Waals surface area contributed by atoms with Crippen molar-refractivity contribution in [1.82, 2.24) is 4.57 Å². The maximum absolute atomic E-state index is 11.0. The predicted molar refractivity (Wildman–Crippen MR) is 113 cm³/mol. The van der Waals surface area contributed by atoms with Crippen molar-refractivity contribution < 1.29 is 9.90 Å². The largest absolute Gasteiger partial charge is 0.478 e. The molecule has 0 aliphatic rings. The molecule has 0 saturated carbocycles. The van der Waals surface area contributed by atoms with E-state index in [-0.39, 0.29) is 6.04 Å². The highest BCUT2D eigenvalue weighted by atomic mass is 16.4. The summed E-state index contributed by atoms with van der Waals surface area (Å²) in [4.78, 5) is 11.0. The summed E-state index contributed by atoms with van der Waals surface area (Å²) in [6, 6.07) is 29.2. The number of hydrogen-bond acceptors (Lipinski definition) is 1. The molecule has 0 amide bonds. The van der Waals surface area contributed by atoms with Crippen molar-refractivity contribution in [1.29, 1.82) is 0 Å². The second-order valence-electron chi connectivity index (χ2n) is 6.89. The lowest BCUT2D eigenvalue weighted by atomic mass is 9.98. The maximum atomic E-state index is 11.0. The van der Waals surface area contributed by atoms with Crippen molar-refractivity contribution in [2.75, 3.05) is 0 Å². The summed E-state index contributed by atoms with van der Waals surface area (Å²) in [5, 5.41) is 10.1. The minimum Gasteiger partial charge on any atom is -0.478 e. The van der Waals surface area contributed by atoms with E-state index < -0.39 is 5.97 Å². The summed E-state index contributed by atoms with van der Waals surface area (Å²) in [6.07, 6.45) is 3.35. The van der Waals surface area contributed by atoms with Crippen LogP contribution in [0.25, 0.3) is 16.5 Å². The first-order valence-electron chi connectivity index (χ1n) is 9.25. The normalized spacial score (nSPS) is 11.9. The molecule has 0 unspecified atom stereocenters. The fourth-order valence-electron chi connectivity index (χ4n) is 3.69. The van der Waals surface area contributed by atoms with Gasteiger partial charge in [0.2, 0.25) is 0 Å². The molecule has 138 valence electrons. The highest BCUT2D eigenvalue weighted by molar-refractivity contribution is 5.92. The fraction of sp³-hybridized carbons (Fsp3) is 0.0800. The predicted octanol–water partition coefficient (Wildman–Crippen LogP) is 5.77. The van der Waals surface area contributed by atoms with Crippen LogP contribution in [0.15, 0.2) is 97.2 Å². The van der Waals surface area contributed by atoms with Crippen molar-refractivity contribution in [2.24, 2.45) is 0 Å². The Hall–Kier alpha value is -3.59. The van der Waals surface area contributed by atoms with Crippen LogP contribution in [0.3, 0.4) is 0 Å². The van der Waals surface area contributed by atoms with E-state index >= 15 is 0 Å². The van der Waals surface area contributed by atoms with Crippen LogP contribution < -0.4 is 0 Å². The van der Waals surface area contributed by atoms with Crippen LogP contribution in [-0.2, 0) is 4.79 Å². The van der Waals surface area contributed by atoms with Crippen LogP contribution >= 0.6 is 0 Å². The van der Waals surface area contributed by atoms with Crippen LogP contribution in [-0.4, -0.2) is 15.6 Å². The molecular weight excluding hydrogens is 346 g/mol. The number of hydrogen-bond donors (Lipinski definition) is 1. The van der Waals surface area contributed by atoms with Gasteiger partial charge in [-0.25, -0.2) is 4.79 Å². The number of benzene rings is 3. The zero-order valence-electron chi connectivity index (χ0n) is 15.6. The molecule has 0 bridgehead atoms. The molecule has 1 N–H and O–H groups in total. The number of carbonyl (C=O) groups is 1. The number of carboxylic acid groups (broad SMARTS) is 1. The molecule has 0 fully saturated rings. The van der Waals surface area contributed by atoms with Crippen molar-refractivity contribution in [2.45, 2.75) is 13.0 Å². The Morgan fingerprint density at radius 1 is 0.893 bits per heavy atom. The van der Waals surface area contributed by atoms with Crippen molar-refractivity contribution in [3.8, 4) is 0 Å². The number of rotatable bonds is 5. The summed E-state index contributed by atoms with van der Waals surface area (Å²) in [5.74, 6) is -0.927. The molecule has 3 aromatic carbocycles. The molecule has 3 heteroatoms. The van der Waals surface area contributed by atoms with Gasteiger partial charge in [-0.05, 0) is 47.4 Å². The third-order valence-electron chi connectivity index (χ3n) is 5.02. The standard InChI is InChI=1S/C25H21NO2/c1-18(16-24(27)28)21-12-13-23-22(17-21)14-15-26(23)25(19-8-4-2-5-9-19)20-10-6-3-7-11-20/h2-17,25H,1H3,(H,27,28)/b18-16+. The van der Waals surface area contributed by atoms with E-state index in [1.165, 1.54) is 17.2 Å². The SMILES string of the molecule is C/C(=C\C(=O)O)c1ccc2c(ccn2C(c2ccccc2)c2ccccc2)c1. The summed E-state index contributed by atoms with van der Waals surface area (Å²) < 4.78 is 2.28. The Bertz CT molecular complexity index is 1100. The minimum atomic E-state index is -0.927. The average molecular weight is 367 g/mol. The molecule has 3 nitrogen and oxygen atoms in total. The van der Waals surface area contributed by atoms with E-state index in [2.05, 4.69) is 71.4 Å². The third-order valence-corrected chi connectivity index (χ3v) is 5.02. The van der Waals surface area contributed by atoms with Crippen molar-refractivity contribution in [3.05, 3.63) is 114 Å². The summed E-state index contributed by atoms with van der Waals surface area (Å²) in [5.41, 5.74) is 5.22. The van der Waals surface area contributed by atoms with Crippen molar-refractivity contribution >= 4 is 22.4 Å². The van der Waals surface area contributed by atoms with E-state index in [1.54, 1.807) is 0 Å². The number of nitrogens with zero attached hydrogens (tertiary/aromatic N) is 1. The van der Waals surface area contributed by atoms with Gasteiger partial charge in [0.05, 0.1) is 6.04 Å². The van der Waals surface area contributed by atoms with Crippen LogP contribution in [0.2, 0.25) is 0 Å². The average Bonchev–Trinajstić information content (AvgIpc) is 3.12. The van der Waals surface area contributed by atoms with Gasteiger partial charge >= 0.3 is 5.97 Å². The quantitative estimate of drug-likeness (QED) is 0.455. The topological polar surface area (TPSA) is 42.2 Å². The van der Waals surface area contributed by atoms with E-state index in [0.717, 1.165) is 22.0 Å². The van der Waals surface area contributed by atoms with Gasteiger partial charge in [-0.1, -0.05) is 66.7 Å². The summed E-state index contributed by atoms with van der Waals surface area (Å²) in [7, 11) is 0. The highest BCUT2D eigenvalue weighted by Crippen LogP contribution is 2.32. The van der Waals surface area contributed by atoms with E-state index in [9.17, 15) is 4.79 Å². The first-order valence-corrected chi connectivity index (χ1v) is 9.25. The van der Waals surface area contributed by atoms with Gasteiger partial charge in [-0.3, -0.25) is 0 Å². The van der Waals surface area contributed by atoms with Crippen LogP contribution in [0.5, 0.6) is 0 Å². The van der Waals surface area contributed by atoms with Crippen LogP contribution in [0.1, 0.15) is 29.7 Å². The second-order valence-corrected chi connectivity index (χ2v) is 6.89. The number of fused-ring (bicyclic) bond motifs is 1. The third kappa shape index (κ3) is 3.47. The van der Waals surface area contributed by atoms with Crippen LogP contribution in [0.4, 0.5) is 0 Å². The van der Waals surface area contributed by atoms with E-state index in [4.69, 9.17) is 5.11 Å². The Morgan fingerprint density at radius 3 is 2.07 bits per heavy atom. The Morgan fingerprint density at radius 2 is 1.50 bits per heavy atom. The van der Waals surface area contributed by atoms with Gasteiger partial charge < -0.3 is 9.67 Å². The minimum absolute atomic E-state index is 0.0707. The number of aliphatic carboxylic acids is 1. The fourth-order valence-corrected chi connectivity index (χ4v) is 3.69. The molecule has 4 aromatic rings. The number of carboxylic acids is 1. The zero-order valence-corrected chi connectivity index (χ0v) is 15.6. The van der Waals surface area contributed by atoms with E-state index in [1.807, 2.05) is 31.2 Å². The maximum Gasteiger partial charge on any atom is 0.328 e. The van der Waals surface area contributed by atoms with Gasteiger partial charge in [0.1, 0.15) is 0 Å². The molecule has 28 heavy (non-hydrogen) atoms. The monoisotopic (exact) mass is 367 g/mol. The summed E-state index contributed by atoms with van der Waals surface area (Å²) in [6.45, 7) is 1.82. The Labute approximate surface area is 164 Å². The lowest BCUT2D eigenvalue weighted by Crippen LogP contribution is -2.11. The molecule has 4 rings (SSSR count). The lowest BCUT2D eigenvalue weighted by molar-refractivity contribution is -0.131. The molecule has 1 heterocycles. The molecule has 0 aliphatic carbocycles. The van der Waals surface area contributed by atoms with Gasteiger partial charge in [0.25, 0.3) is 0 Å². The second kappa shape index (κ2) is 7.57. The molecule has 0 atom stereocenters. The number of aromatic nitrogens is 1. The van der Waals surface area contributed by atoms with Gasteiger partial charge in [-0.15, -0.1) is 0 Å². The molecule has 0 aliphatic heterocycles. The first-order chi connectivity index (χ1) is 13.6. The lowest BCUT2D eigenvalue weighted by Gasteiger charge is -2.21. The Kier molecular flexibility index (Phi) is 4.81. The number of allylic oxidation sites excluding steroid dienone is 1. The molecular formula is C25H21NO2. The van der Waals surface area contributed by atoms with Gasteiger partial charge in [0, 0.05) is 23.2 Å². The molecule has 0 radical (unpaired) electrons. The smallest absolute Gasteiger partial charge is 0.328 e. The molecule has 1 aromatic heterocycles.